The minimum Gasteiger partial charge on any atom is -0.475 e. The van der Waals surface area contributed by atoms with Gasteiger partial charge in [-0.15, -0.1) is 0 Å². The van der Waals surface area contributed by atoms with Crippen molar-refractivity contribution in [2.75, 3.05) is 0 Å². The predicted octanol–water partition coefficient (Wildman–Crippen LogP) is 2.50. The molecule has 0 aliphatic rings. The van der Waals surface area contributed by atoms with E-state index in [0.29, 0.717) is 17.1 Å². The number of carbonyl (C=O) groups is 2. The molecule has 1 aromatic carbocycles. The van der Waals surface area contributed by atoms with Gasteiger partial charge in [0.2, 0.25) is 0 Å². The van der Waals surface area contributed by atoms with Crippen molar-refractivity contribution in [3.8, 4) is 5.69 Å². The normalized spacial score (nSPS) is 10.5. The van der Waals surface area contributed by atoms with Gasteiger partial charge in [-0.1, -0.05) is 0 Å². The van der Waals surface area contributed by atoms with Crippen molar-refractivity contribution in [1.82, 2.24) is 4.57 Å². The van der Waals surface area contributed by atoms with E-state index in [1.54, 1.807) is 30.5 Å². The smallest absolute Gasteiger partial charge is 0.377 e. The Balaban J connectivity index is 2.57. The highest BCUT2D eigenvalue weighted by molar-refractivity contribution is 6.40. The third-order valence-electron chi connectivity index (χ3n) is 2.95. The number of rotatable bonds is 3. The fourth-order valence-electron chi connectivity index (χ4n) is 2.10. The Bertz CT molecular complexity index is 656. The van der Waals surface area contributed by atoms with E-state index in [0.717, 1.165) is 0 Å². The topological polar surface area (TPSA) is 59.3 Å². The van der Waals surface area contributed by atoms with Gasteiger partial charge in [-0.2, -0.15) is 0 Å². The summed E-state index contributed by atoms with van der Waals surface area (Å²) in [6, 6.07) is 7.30. The molecule has 0 saturated carbocycles. The van der Waals surface area contributed by atoms with Crippen LogP contribution in [0.1, 0.15) is 21.7 Å². The van der Waals surface area contributed by atoms with Crippen LogP contribution in [0.4, 0.5) is 4.39 Å². The van der Waals surface area contributed by atoms with Crippen molar-refractivity contribution in [3.05, 3.63) is 53.1 Å². The molecule has 0 unspecified atom stereocenters. The maximum Gasteiger partial charge on any atom is 0.377 e. The second kappa shape index (κ2) is 4.68. The summed E-state index contributed by atoms with van der Waals surface area (Å²) in [6.07, 6.45) is 0. The van der Waals surface area contributed by atoms with Crippen LogP contribution in [0.25, 0.3) is 5.69 Å². The van der Waals surface area contributed by atoms with Crippen LogP contribution in [0.5, 0.6) is 0 Å². The third kappa shape index (κ3) is 2.27. The Morgan fingerprint density at radius 1 is 1.16 bits per heavy atom. The number of halogens is 1. The van der Waals surface area contributed by atoms with Gasteiger partial charge in [0.15, 0.2) is 0 Å². The molecule has 0 aliphatic carbocycles. The minimum absolute atomic E-state index is 0.148. The van der Waals surface area contributed by atoms with Crippen LogP contribution in [0.2, 0.25) is 0 Å². The Morgan fingerprint density at radius 3 is 2.26 bits per heavy atom. The van der Waals surface area contributed by atoms with Crippen LogP contribution in [0, 0.1) is 19.7 Å². The number of nitrogens with zero attached hydrogens (tertiary/aromatic N) is 1. The van der Waals surface area contributed by atoms with Gasteiger partial charge in [0.05, 0.1) is 5.56 Å². The lowest BCUT2D eigenvalue weighted by atomic mass is 10.1. The molecule has 1 N–H and O–H groups in total. The van der Waals surface area contributed by atoms with E-state index < -0.39 is 11.8 Å². The van der Waals surface area contributed by atoms with Gasteiger partial charge in [0.25, 0.3) is 5.78 Å². The predicted molar refractivity (Wildman–Crippen MR) is 67.2 cm³/mol. The number of carbonyl (C=O) groups excluding carboxylic acids is 1. The zero-order valence-corrected chi connectivity index (χ0v) is 10.5. The highest BCUT2D eigenvalue weighted by atomic mass is 19.1. The number of aryl methyl sites for hydroxylation is 1. The van der Waals surface area contributed by atoms with Crippen LogP contribution >= 0.6 is 0 Å². The first kappa shape index (κ1) is 13.0. The van der Waals surface area contributed by atoms with Crippen LogP contribution in [0.15, 0.2) is 30.3 Å². The highest BCUT2D eigenvalue weighted by Crippen LogP contribution is 2.21. The van der Waals surface area contributed by atoms with Crippen molar-refractivity contribution in [1.29, 1.82) is 0 Å². The molecule has 0 atom stereocenters. The summed E-state index contributed by atoms with van der Waals surface area (Å²) in [7, 11) is 0. The summed E-state index contributed by atoms with van der Waals surface area (Å²) in [4.78, 5) is 22.3. The number of aromatic nitrogens is 1. The zero-order valence-electron chi connectivity index (χ0n) is 10.5. The van der Waals surface area contributed by atoms with Crippen LogP contribution in [-0.4, -0.2) is 21.4 Å². The van der Waals surface area contributed by atoms with E-state index in [1.807, 2.05) is 0 Å². The molecule has 0 radical (unpaired) electrons. The van der Waals surface area contributed by atoms with Gasteiger partial charge in [0.1, 0.15) is 5.82 Å². The summed E-state index contributed by atoms with van der Waals surface area (Å²) in [6.45, 7) is 3.42. The summed E-state index contributed by atoms with van der Waals surface area (Å²) >= 11 is 0. The number of carboxylic acids is 1. The molecule has 0 saturated heterocycles. The SMILES string of the molecule is Cc1cc(C(=O)C(=O)O)c(C)n1-c1ccc(F)cc1. The number of benzene rings is 1. The van der Waals surface area contributed by atoms with Gasteiger partial charge >= 0.3 is 5.97 Å². The van der Waals surface area contributed by atoms with E-state index in [2.05, 4.69) is 0 Å². The van der Waals surface area contributed by atoms with Crippen molar-refractivity contribution < 1.29 is 19.1 Å². The van der Waals surface area contributed by atoms with Crippen LogP contribution in [0.3, 0.4) is 0 Å². The maximum atomic E-state index is 12.9. The van der Waals surface area contributed by atoms with E-state index in [4.69, 9.17) is 5.11 Å². The largest absolute Gasteiger partial charge is 0.475 e. The lowest BCUT2D eigenvalue weighted by molar-refractivity contribution is -0.131. The molecular formula is C14H12FNO3. The number of ketones is 1. The minimum atomic E-state index is -1.49. The molecule has 0 amide bonds. The van der Waals surface area contributed by atoms with Gasteiger partial charge in [-0.25, -0.2) is 9.18 Å². The van der Waals surface area contributed by atoms with E-state index in [-0.39, 0.29) is 11.4 Å². The van der Waals surface area contributed by atoms with Crippen molar-refractivity contribution >= 4 is 11.8 Å². The Morgan fingerprint density at radius 2 is 1.74 bits per heavy atom. The fourth-order valence-corrected chi connectivity index (χ4v) is 2.10. The van der Waals surface area contributed by atoms with Gasteiger partial charge in [-0.3, -0.25) is 4.79 Å². The Hall–Kier alpha value is -2.43. The number of Topliss-reactive ketones (excluding diaryl/α,β-unsaturated/α-hetero) is 1. The summed E-state index contributed by atoms with van der Waals surface area (Å²) in [5.74, 6) is -2.78. The van der Waals surface area contributed by atoms with Crippen molar-refractivity contribution in [3.63, 3.8) is 0 Å². The lowest BCUT2D eigenvalue weighted by Gasteiger charge is -2.09. The molecule has 19 heavy (non-hydrogen) atoms. The maximum absolute atomic E-state index is 12.9. The average molecular weight is 261 g/mol. The molecule has 2 rings (SSSR count). The number of hydrogen-bond acceptors (Lipinski definition) is 2. The molecule has 0 bridgehead atoms. The second-order valence-corrected chi connectivity index (χ2v) is 4.23. The fraction of sp³-hybridized carbons (Fsp3) is 0.143. The summed E-state index contributed by atoms with van der Waals surface area (Å²) < 4.78 is 14.6. The molecule has 5 heteroatoms. The Kier molecular flexibility index (Phi) is 3.21. The van der Waals surface area contributed by atoms with Gasteiger partial charge < -0.3 is 9.67 Å². The molecule has 98 valence electrons. The summed E-state index contributed by atoms with van der Waals surface area (Å²) in [5.41, 5.74) is 2.07. The highest BCUT2D eigenvalue weighted by Gasteiger charge is 2.21. The van der Waals surface area contributed by atoms with Gasteiger partial charge in [0, 0.05) is 17.1 Å². The third-order valence-corrected chi connectivity index (χ3v) is 2.95. The first-order chi connectivity index (χ1) is 8.91. The molecular weight excluding hydrogens is 249 g/mol. The number of carboxylic acid groups (broad SMARTS) is 1. The van der Waals surface area contributed by atoms with Crippen molar-refractivity contribution in [2.45, 2.75) is 13.8 Å². The van der Waals surface area contributed by atoms with Crippen LogP contribution in [-0.2, 0) is 4.79 Å². The second-order valence-electron chi connectivity index (χ2n) is 4.23. The summed E-state index contributed by atoms with van der Waals surface area (Å²) in [5, 5.41) is 8.76. The standard InChI is InChI=1S/C14H12FNO3/c1-8-7-12(13(17)14(18)19)9(2)16(8)11-5-3-10(15)4-6-11/h3-7H,1-2H3,(H,18,19). The molecule has 2 aromatic rings. The molecule has 1 aromatic heterocycles. The molecule has 1 heterocycles. The molecule has 0 fully saturated rings. The zero-order chi connectivity index (χ0) is 14.2. The Labute approximate surface area is 109 Å². The van der Waals surface area contributed by atoms with Crippen LogP contribution < -0.4 is 0 Å². The lowest BCUT2D eigenvalue weighted by Crippen LogP contribution is -2.13. The number of aliphatic carboxylic acids is 1. The molecule has 0 aliphatic heterocycles. The van der Waals surface area contributed by atoms with E-state index in [9.17, 15) is 14.0 Å². The van der Waals surface area contributed by atoms with E-state index >= 15 is 0 Å². The van der Waals surface area contributed by atoms with Crippen molar-refractivity contribution in [2.24, 2.45) is 0 Å². The first-order valence-electron chi connectivity index (χ1n) is 5.64. The number of hydrogen-bond donors (Lipinski definition) is 1. The molecule has 0 spiro atoms. The van der Waals surface area contributed by atoms with E-state index in [1.165, 1.54) is 18.2 Å². The first-order valence-corrected chi connectivity index (χ1v) is 5.64. The monoisotopic (exact) mass is 261 g/mol. The quantitative estimate of drug-likeness (QED) is 0.682. The van der Waals surface area contributed by atoms with Gasteiger partial charge in [-0.05, 0) is 44.2 Å². The average Bonchev–Trinajstić information content (AvgIpc) is 2.65. The molecule has 4 nitrogen and oxygen atoms in total.